The van der Waals surface area contributed by atoms with E-state index in [1.54, 1.807) is 4.57 Å². The molecule has 5 rings (SSSR count). The normalized spacial score (nSPS) is 20.0. The fraction of sp³-hybridized carbons (Fsp3) is 0.609. The molecule has 4 heterocycles. The van der Waals surface area contributed by atoms with E-state index in [1.165, 1.54) is 4.52 Å². The van der Waals surface area contributed by atoms with Gasteiger partial charge in [0, 0.05) is 39.0 Å². The van der Waals surface area contributed by atoms with E-state index in [1.807, 2.05) is 6.08 Å². The molecule has 2 aromatic rings. The van der Waals surface area contributed by atoms with Gasteiger partial charge in [-0.3, -0.25) is 14.2 Å². The molecule has 0 atom stereocenters. The molecule has 1 saturated carbocycles. The predicted molar refractivity (Wildman–Crippen MR) is 129 cm³/mol. The number of halogens is 1. The molecule has 10 nitrogen and oxygen atoms in total. The summed E-state index contributed by atoms with van der Waals surface area (Å²) in [5.74, 6) is -0.135. The number of fused-ring (bicyclic) bond motifs is 1. The lowest BCUT2D eigenvalue weighted by Crippen LogP contribution is -2.35. The molecule has 0 spiro atoms. The second-order valence-electron chi connectivity index (χ2n) is 9.26. The third kappa shape index (κ3) is 4.94. The van der Waals surface area contributed by atoms with Gasteiger partial charge in [0.05, 0.1) is 5.56 Å². The van der Waals surface area contributed by atoms with Gasteiger partial charge in [0.25, 0.3) is 11.5 Å². The highest BCUT2D eigenvalue weighted by Crippen LogP contribution is 2.29. The Morgan fingerprint density at radius 1 is 1.12 bits per heavy atom. The van der Waals surface area contributed by atoms with Gasteiger partial charge in [-0.1, -0.05) is 12.2 Å². The lowest BCUT2D eigenvalue weighted by molar-refractivity contribution is 0.0607. The maximum Gasteiger partial charge on any atom is 0.291 e. The van der Waals surface area contributed by atoms with Crippen LogP contribution in [0.15, 0.2) is 10.9 Å². The van der Waals surface area contributed by atoms with Crippen LogP contribution in [-0.4, -0.2) is 57.7 Å². The fourth-order valence-electron chi connectivity index (χ4n) is 4.62. The molecule has 2 aliphatic heterocycles. The van der Waals surface area contributed by atoms with Crippen LogP contribution in [0.5, 0.6) is 5.88 Å². The highest BCUT2D eigenvalue weighted by Gasteiger charge is 2.31. The van der Waals surface area contributed by atoms with Gasteiger partial charge in [0.1, 0.15) is 0 Å². The molecule has 0 unspecified atom stereocenters. The number of aromatic hydroxyl groups is 1. The summed E-state index contributed by atoms with van der Waals surface area (Å²) in [6.07, 6.45) is 9.21. The van der Waals surface area contributed by atoms with Crippen molar-refractivity contribution >= 4 is 35.9 Å². The summed E-state index contributed by atoms with van der Waals surface area (Å²) in [6, 6.07) is 0.0524. The number of carbonyl (C=O) groups is 1. The number of allylic oxidation sites excluding steroid dienone is 1. The fourth-order valence-corrected chi connectivity index (χ4v) is 4.62. The molecule has 3 fully saturated rings. The Morgan fingerprint density at radius 3 is 2.41 bits per heavy atom. The van der Waals surface area contributed by atoms with Gasteiger partial charge in [-0.05, 0) is 50.4 Å². The first kappa shape index (κ1) is 24.6. The predicted octanol–water partition coefficient (Wildman–Crippen LogP) is 1.96. The Morgan fingerprint density at radius 2 is 1.76 bits per heavy atom. The standard InChI is InChI=1S/C23H31N5O5.ClH/c24-19-17(4-1-14-5-9-32-10-6-14)21-27(13-15-7-11-33-12-8-15)22(30)18(23(31)28(21)26-19)20(29)25-16-2-3-16;/h1,4,14-16,30H,2-3,5-13H2,(H2,24,26)(H,25,29);1H. The Kier molecular flexibility index (Phi) is 7.49. The Balaban J connectivity index is 0.00000274. The average molecular weight is 494 g/mol. The van der Waals surface area contributed by atoms with E-state index in [0.29, 0.717) is 50.1 Å². The first-order valence-electron chi connectivity index (χ1n) is 11.8. The largest absolute Gasteiger partial charge is 0.494 e. The number of nitrogens with one attached hydrogen (secondary N) is 1. The van der Waals surface area contributed by atoms with Crippen molar-refractivity contribution in [3.05, 3.63) is 27.6 Å². The van der Waals surface area contributed by atoms with Crippen molar-refractivity contribution in [3.63, 3.8) is 0 Å². The SMILES string of the molecule is Cl.Nc1nn2c(=O)c(C(=O)NC3CC3)c(O)n(CC3CCOCC3)c2c1C=CC1CCOCC1. The minimum atomic E-state index is -0.665. The van der Waals surface area contributed by atoms with E-state index in [0.717, 1.165) is 38.5 Å². The smallest absolute Gasteiger partial charge is 0.291 e. The van der Waals surface area contributed by atoms with Crippen molar-refractivity contribution in [2.24, 2.45) is 11.8 Å². The van der Waals surface area contributed by atoms with Gasteiger partial charge in [-0.15, -0.1) is 17.5 Å². The third-order valence-electron chi connectivity index (χ3n) is 6.79. The summed E-state index contributed by atoms with van der Waals surface area (Å²) in [6.45, 7) is 3.16. The van der Waals surface area contributed by atoms with E-state index in [-0.39, 0.29) is 41.6 Å². The number of nitrogen functional groups attached to an aromatic ring is 1. The molecule has 4 N–H and O–H groups in total. The topological polar surface area (TPSA) is 133 Å². The van der Waals surface area contributed by atoms with Crippen molar-refractivity contribution in [1.29, 1.82) is 0 Å². The number of rotatable bonds is 6. The van der Waals surface area contributed by atoms with E-state index in [2.05, 4.69) is 16.5 Å². The van der Waals surface area contributed by atoms with Gasteiger partial charge in [-0.25, -0.2) is 0 Å². The van der Waals surface area contributed by atoms with Gasteiger partial charge in [0.15, 0.2) is 17.0 Å². The number of amides is 1. The number of hydrogen-bond donors (Lipinski definition) is 3. The summed E-state index contributed by atoms with van der Waals surface area (Å²) in [5, 5.41) is 18.3. The lowest BCUT2D eigenvalue weighted by atomic mass is 9.99. The maximum atomic E-state index is 13.3. The number of ether oxygens (including phenoxy) is 2. The van der Waals surface area contributed by atoms with E-state index in [9.17, 15) is 14.7 Å². The van der Waals surface area contributed by atoms with Gasteiger partial charge in [-0.2, -0.15) is 4.52 Å². The molecule has 186 valence electrons. The second kappa shape index (κ2) is 10.4. The molecule has 11 heteroatoms. The lowest BCUT2D eigenvalue weighted by Gasteiger charge is -2.25. The molecule has 1 aliphatic carbocycles. The Labute approximate surface area is 203 Å². The van der Waals surface area contributed by atoms with E-state index >= 15 is 0 Å². The molecule has 0 bridgehead atoms. The number of hydrogen-bond acceptors (Lipinski definition) is 7. The van der Waals surface area contributed by atoms with Crippen LogP contribution in [-0.2, 0) is 16.0 Å². The summed E-state index contributed by atoms with van der Waals surface area (Å²) in [4.78, 5) is 26.1. The first-order valence-corrected chi connectivity index (χ1v) is 11.8. The summed E-state index contributed by atoms with van der Waals surface area (Å²) in [5.41, 5.74) is 6.28. The molecule has 34 heavy (non-hydrogen) atoms. The van der Waals surface area contributed by atoms with Crippen LogP contribution in [0.1, 0.15) is 54.4 Å². The minimum absolute atomic E-state index is 0. The number of anilines is 1. The summed E-state index contributed by atoms with van der Waals surface area (Å²) < 4.78 is 13.7. The maximum absolute atomic E-state index is 13.3. The highest BCUT2D eigenvalue weighted by atomic mass is 35.5. The van der Waals surface area contributed by atoms with Crippen LogP contribution in [0.2, 0.25) is 0 Å². The van der Waals surface area contributed by atoms with Crippen LogP contribution in [0.3, 0.4) is 0 Å². The van der Waals surface area contributed by atoms with E-state index < -0.39 is 11.5 Å². The van der Waals surface area contributed by atoms with Gasteiger partial charge >= 0.3 is 0 Å². The molecule has 0 radical (unpaired) electrons. The number of nitrogens with zero attached hydrogens (tertiary/aromatic N) is 3. The van der Waals surface area contributed by atoms with Crippen molar-refractivity contribution in [2.75, 3.05) is 32.2 Å². The Hall–Kier alpha value is -2.56. The molecular weight excluding hydrogens is 462 g/mol. The van der Waals surface area contributed by atoms with Crippen molar-refractivity contribution in [3.8, 4) is 5.88 Å². The quantitative estimate of drug-likeness (QED) is 0.560. The van der Waals surface area contributed by atoms with E-state index in [4.69, 9.17) is 15.2 Å². The minimum Gasteiger partial charge on any atom is -0.494 e. The van der Waals surface area contributed by atoms with Crippen LogP contribution in [0.25, 0.3) is 11.7 Å². The van der Waals surface area contributed by atoms with Crippen molar-refractivity contribution in [2.45, 2.75) is 51.1 Å². The second-order valence-corrected chi connectivity index (χ2v) is 9.26. The Bertz CT molecular complexity index is 1130. The molecular formula is C23H32ClN5O5. The first-order chi connectivity index (χ1) is 16.0. The highest BCUT2D eigenvalue weighted by molar-refractivity contribution is 5.97. The van der Waals surface area contributed by atoms with Crippen LogP contribution < -0.4 is 16.6 Å². The summed E-state index contributed by atoms with van der Waals surface area (Å²) in [7, 11) is 0. The monoisotopic (exact) mass is 493 g/mol. The summed E-state index contributed by atoms with van der Waals surface area (Å²) >= 11 is 0. The van der Waals surface area contributed by atoms with Crippen molar-refractivity contribution < 1.29 is 19.4 Å². The van der Waals surface area contributed by atoms with Crippen LogP contribution >= 0.6 is 12.4 Å². The number of nitrogens with two attached hydrogens (primary N) is 1. The van der Waals surface area contributed by atoms with Crippen molar-refractivity contribution in [1.82, 2.24) is 19.5 Å². The molecule has 2 aromatic heterocycles. The third-order valence-corrected chi connectivity index (χ3v) is 6.79. The zero-order valence-electron chi connectivity index (χ0n) is 19.1. The number of aromatic nitrogens is 3. The van der Waals surface area contributed by atoms with Gasteiger partial charge in [0.2, 0.25) is 5.88 Å². The number of carbonyl (C=O) groups excluding carboxylic acids is 1. The van der Waals surface area contributed by atoms with Gasteiger partial charge < -0.3 is 25.6 Å². The average Bonchev–Trinajstić information content (AvgIpc) is 3.57. The zero-order valence-corrected chi connectivity index (χ0v) is 19.9. The zero-order chi connectivity index (χ0) is 22.9. The molecule has 1 amide bonds. The molecule has 3 aliphatic rings. The molecule has 0 aromatic carbocycles. The molecule has 2 saturated heterocycles. The van der Waals surface area contributed by atoms with Crippen LogP contribution in [0.4, 0.5) is 5.82 Å². The van der Waals surface area contributed by atoms with Crippen LogP contribution in [0, 0.1) is 11.8 Å².